The maximum atomic E-state index is 14.2. The van der Waals surface area contributed by atoms with Gasteiger partial charge in [-0.1, -0.05) is 184 Å². The monoisotopic (exact) mass is 1270 g/mol. The van der Waals surface area contributed by atoms with E-state index in [1.54, 1.807) is 23.5 Å². The summed E-state index contributed by atoms with van der Waals surface area (Å²) in [5.41, 5.74) is -0.717. The number of H-pyrrole nitrogens is 2. The summed E-state index contributed by atoms with van der Waals surface area (Å²) in [6.07, 6.45) is 5.02. The Morgan fingerprint density at radius 3 is 0.795 bits per heavy atom. The van der Waals surface area contributed by atoms with E-state index in [1.165, 1.54) is 23.5 Å². The molecule has 8 bridgehead atoms. The average molecular weight is 1280 g/mol. The first-order chi connectivity index (χ1) is 41.5. The molecule has 0 radical (unpaired) electrons. The second-order valence-electron chi connectivity index (χ2n) is 24.7. The maximum Gasteiger partial charge on any atom is 0.359 e. The summed E-state index contributed by atoms with van der Waals surface area (Å²) in [5, 5.41) is 2.54. The maximum absolute atomic E-state index is 14.2. The molecule has 2 N–H and O–H groups in total. The van der Waals surface area contributed by atoms with Crippen LogP contribution in [0.2, 0.25) is 0 Å². The van der Waals surface area contributed by atoms with Gasteiger partial charge < -0.3 is 28.9 Å². The molecule has 0 unspecified atom stereocenters. The van der Waals surface area contributed by atoms with Crippen LogP contribution in [0.3, 0.4) is 0 Å². The van der Waals surface area contributed by atoms with Crippen molar-refractivity contribution in [2.24, 2.45) is 0 Å². The standard InChI is InChI=1S/C60H74N16O8S4/c1-17-21-25-81-53(77)37-39(55(79)83-27-23-19-3)63-31-29(61-37)41-69-42-30-32(64-40(56(80)84-28-24-20-4)38(62-30)54(78)82-26-22-18-2)44(71-42)73-46-34-36(68-52(88-60(14,15)16)50(66-34)86-58(8,9)10)48(75-46)76-47-35-33(45(74-47)72-43(31)70-41)65-49(85-57(5,6)7)51(67-35)87-59(11,12)13/h17-28H2,1-16H3,(H2,69,70,71,72,73,74,75,76). The van der Waals surface area contributed by atoms with Crippen LogP contribution in [0, 0.1) is 0 Å². The van der Waals surface area contributed by atoms with Crippen LogP contribution in [0.1, 0.15) is 204 Å². The lowest BCUT2D eigenvalue weighted by molar-refractivity contribution is 0.0441. The van der Waals surface area contributed by atoms with Crippen molar-refractivity contribution in [1.82, 2.24) is 79.7 Å². The van der Waals surface area contributed by atoms with E-state index in [9.17, 15) is 19.2 Å². The summed E-state index contributed by atoms with van der Waals surface area (Å²) < 4.78 is 21.5. The largest absolute Gasteiger partial charge is 0.461 e. The molecular formula is C60H74N16O8S4. The first-order valence-electron chi connectivity index (χ1n) is 29.5. The van der Waals surface area contributed by atoms with Gasteiger partial charge in [-0.25, -0.2) is 89.0 Å². The summed E-state index contributed by atoms with van der Waals surface area (Å²) in [6.45, 7) is 33.0. The van der Waals surface area contributed by atoms with E-state index in [4.69, 9.17) is 88.7 Å². The van der Waals surface area contributed by atoms with Crippen molar-refractivity contribution in [3.8, 4) is 46.1 Å². The highest BCUT2D eigenvalue weighted by Crippen LogP contribution is 2.46. The molecular weight excluding hydrogens is 1200 g/mol. The number of thioether (sulfide) groups is 4. The lowest BCUT2D eigenvalue weighted by atomic mass is 10.2. The molecule has 0 spiro atoms. The zero-order chi connectivity index (χ0) is 63.6. The normalized spacial score (nSPS) is 12.5. The molecule has 0 saturated heterocycles. The molecule has 24 nitrogen and oxygen atoms in total. The Labute approximate surface area is 527 Å². The molecule has 0 saturated carbocycles. The van der Waals surface area contributed by atoms with E-state index in [1.807, 2.05) is 27.7 Å². The smallest absolute Gasteiger partial charge is 0.359 e. The fourth-order valence-corrected chi connectivity index (χ4v) is 12.3. The fourth-order valence-electron chi connectivity index (χ4n) is 8.40. The molecule has 0 atom stereocenters. The van der Waals surface area contributed by atoms with Crippen molar-refractivity contribution in [2.75, 3.05) is 26.4 Å². The molecule has 7 aromatic rings. The van der Waals surface area contributed by atoms with Crippen LogP contribution in [0.25, 0.3) is 90.7 Å². The average Bonchev–Trinajstić information content (AvgIpc) is 1.65. The second-order valence-corrected chi connectivity index (χ2v) is 32.0. The lowest BCUT2D eigenvalue weighted by Crippen LogP contribution is -2.19. The summed E-state index contributed by atoms with van der Waals surface area (Å²) in [7, 11) is 0. The highest BCUT2D eigenvalue weighted by Gasteiger charge is 2.35. The quantitative estimate of drug-likeness (QED) is 0.0310. The van der Waals surface area contributed by atoms with Crippen LogP contribution in [0.4, 0.5) is 0 Å². The zero-order valence-corrected chi connectivity index (χ0v) is 55.9. The Morgan fingerprint density at radius 2 is 0.545 bits per heavy atom. The minimum absolute atomic E-state index is 0.0290. The fraction of sp³-hybridized carbons (Fsp3) is 0.533. The number of esters is 4. The number of carbonyl (C=O) groups is 4. The molecule has 0 amide bonds. The molecule has 2 aliphatic rings. The van der Waals surface area contributed by atoms with Gasteiger partial charge in [0.05, 0.1) is 26.4 Å². The van der Waals surface area contributed by atoms with E-state index >= 15 is 0 Å². The predicted octanol–water partition coefficient (Wildman–Crippen LogP) is 13.4. The molecule has 88 heavy (non-hydrogen) atoms. The highest BCUT2D eigenvalue weighted by atomic mass is 32.2. The Morgan fingerprint density at radius 1 is 0.318 bits per heavy atom. The number of aromatic amines is 2. The number of hydrogen-bond donors (Lipinski definition) is 2. The molecule has 0 fully saturated rings. The van der Waals surface area contributed by atoms with Crippen LogP contribution in [0.5, 0.6) is 0 Å². The van der Waals surface area contributed by atoms with Crippen molar-refractivity contribution in [1.29, 1.82) is 0 Å². The van der Waals surface area contributed by atoms with Gasteiger partial charge in [0.15, 0.2) is 68.7 Å². The molecule has 28 heteroatoms. The number of nitrogens with one attached hydrogen (secondary N) is 2. The number of carbonyl (C=O) groups excluding carboxylic acids is 4. The number of fused-ring (bicyclic) bond motifs is 20. The SMILES string of the molecule is CCCCOC(=O)c1nc2c(nc1C(=O)OCCCC)-c1nc-2nc2[nH]c(nc3nc(nc4[nH]c(n1)c1nc(C(=O)OCCCC)c(C(=O)OCCCC)nc41)-c1nc(SC(C)(C)C)c(SC(C)(C)C)nc1-3)c1nc(SC(C)(C)C)c(SC(C)(C)C)nc21. The predicted molar refractivity (Wildman–Crippen MR) is 342 cm³/mol. The summed E-state index contributed by atoms with van der Waals surface area (Å²) in [5.74, 6) is -3.90. The number of nitrogens with zero attached hydrogens (tertiary/aromatic N) is 14. The van der Waals surface area contributed by atoms with Gasteiger partial charge in [0.25, 0.3) is 0 Å². The van der Waals surface area contributed by atoms with Crippen LogP contribution >= 0.6 is 47.0 Å². The van der Waals surface area contributed by atoms with Crippen molar-refractivity contribution in [3.05, 3.63) is 22.8 Å². The topological polar surface area (TPSA) is 317 Å². The lowest BCUT2D eigenvalue weighted by Gasteiger charge is -2.22. The number of aromatic nitrogens is 16. The first kappa shape index (κ1) is 65.4. The molecule has 7 aromatic heterocycles. The molecule has 9 heterocycles. The van der Waals surface area contributed by atoms with Crippen molar-refractivity contribution < 1.29 is 38.1 Å². The third kappa shape index (κ3) is 15.3. The molecule has 466 valence electrons. The van der Waals surface area contributed by atoms with Crippen LogP contribution in [-0.2, 0) is 18.9 Å². The van der Waals surface area contributed by atoms with Gasteiger partial charge in [0.2, 0.25) is 0 Å². The van der Waals surface area contributed by atoms with E-state index in [-0.39, 0.29) is 119 Å². The Kier molecular flexibility index (Phi) is 19.8. The van der Waals surface area contributed by atoms with Crippen molar-refractivity contribution in [2.45, 2.75) is 201 Å². The third-order valence-corrected chi connectivity index (χ3v) is 16.9. The van der Waals surface area contributed by atoms with Gasteiger partial charge in [-0.05, 0) is 25.7 Å². The van der Waals surface area contributed by atoms with E-state index < -0.39 is 46.7 Å². The summed E-state index contributed by atoms with van der Waals surface area (Å²) in [4.78, 5) is 134. The number of ether oxygens (including phenoxy) is 4. The highest BCUT2D eigenvalue weighted by molar-refractivity contribution is 8.04. The van der Waals surface area contributed by atoms with E-state index in [0.29, 0.717) is 75.4 Å². The molecule has 0 aromatic carbocycles. The molecule has 0 aliphatic carbocycles. The third-order valence-electron chi connectivity index (χ3n) is 12.3. The minimum atomic E-state index is -0.939. The van der Waals surface area contributed by atoms with Crippen molar-refractivity contribution in [3.63, 3.8) is 0 Å². The van der Waals surface area contributed by atoms with E-state index in [0.717, 1.165) is 12.8 Å². The number of rotatable bonds is 20. The number of unbranched alkanes of at least 4 members (excludes halogenated alkanes) is 4. The second kappa shape index (κ2) is 26.6. The molecule has 2 aliphatic heterocycles. The number of hydrogen-bond acceptors (Lipinski definition) is 26. The van der Waals surface area contributed by atoms with Gasteiger partial charge in [-0.3, -0.25) is 0 Å². The minimum Gasteiger partial charge on any atom is -0.461 e. The van der Waals surface area contributed by atoms with E-state index in [2.05, 4.69) is 93.1 Å². The van der Waals surface area contributed by atoms with Gasteiger partial charge >= 0.3 is 23.9 Å². The van der Waals surface area contributed by atoms with Gasteiger partial charge in [0, 0.05) is 19.0 Å². The van der Waals surface area contributed by atoms with Crippen molar-refractivity contribution >= 4 is 116 Å². The van der Waals surface area contributed by atoms with Gasteiger partial charge in [-0.2, -0.15) is 0 Å². The van der Waals surface area contributed by atoms with Crippen LogP contribution in [-0.4, -0.2) is 149 Å². The van der Waals surface area contributed by atoms with Gasteiger partial charge in [-0.15, -0.1) is 0 Å². The Bertz CT molecular complexity index is 4060. The van der Waals surface area contributed by atoms with Gasteiger partial charge in [0.1, 0.15) is 64.9 Å². The van der Waals surface area contributed by atoms with Crippen LogP contribution in [0.15, 0.2) is 20.1 Å². The first-order valence-corrected chi connectivity index (χ1v) is 32.8. The zero-order valence-electron chi connectivity index (χ0n) is 52.6. The van der Waals surface area contributed by atoms with Crippen LogP contribution < -0.4 is 0 Å². The Balaban J connectivity index is 1.49. The Hall–Kier alpha value is -7.04. The summed E-state index contributed by atoms with van der Waals surface area (Å²) in [6, 6.07) is 0. The summed E-state index contributed by atoms with van der Waals surface area (Å²) >= 11 is 6.16. The molecule has 9 rings (SSSR count).